The highest BCUT2D eigenvalue weighted by molar-refractivity contribution is 5.76. The Hall–Kier alpha value is -1.82. The largest absolute Gasteiger partial charge is 0.493 e. The van der Waals surface area contributed by atoms with Crippen LogP contribution in [0, 0.1) is 0 Å². The summed E-state index contributed by atoms with van der Waals surface area (Å²) in [5.41, 5.74) is 0.773. The van der Waals surface area contributed by atoms with Crippen molar-refractivity contribution in [1.29, 1.82) is 0 Å². The Kier molecular flexibility index (Phi) is 5.17. The van der Waals surface area contributed by atoms with Gasteiger partial charge in [-0.05, 0) is 12.8 Å². The first-order chi connectivity index (χ1) is 9.74. The van der Waals surface area contributed by atoms with E-state index in [9.17, 15) is 4.79 Å². The Balaban J connectivity index is 1.76. The van der Waals surface area contributed by atoms with Gasteiger partial charge in [-0.3, -0.25) is 9.78 Å². The second-order valence-electron chi connectivity index (χ2n) is 4.76. The summed E-state index contributed by atoms with van der Waals surface area (Å²) in [5.74, 6) is 1.39. The van der Waals surface area contributed by atoms with Crippen molar-refractivity contribution >= 4 is 5.91 Å². The Morgan fingerprint density at radius 3 is 2.85 bits per heavy atom. The van der Waals surface area contributed by atoms with Gasteiger partial charge < -0.3 is 20.1 Å². The van der Waals surface area contributed by atoms with E-state index >= 15 is 0 Å². The first kappa shape index (κ1) is 14.6. The van der Waals surface area contributed by atoms with Crippen molar-refractivity contribution in [2.24, 2.45) is 0 Å². The molecule has 1 aromatic heterocycles. The number of rotatable bonds is 8. The van der Waals surface area contributed by atoms with Gasteiger partial charge in [-0.15, -0.1) is 0 Å². The second-order valence-corrected chi connectivity index (χ2v) is 4.76. The molecule has 6 heteroatoms. The third-order valence-corrected chi connectivity index (χ3v) is 3.13. The lowest BCUT2D eigenvalue weighted by Crippen LogP contribution is -2.29. The molecule has 1 aromatic rings. The molecule has 20 heavy (non-hydrogen) atoms. The zero-order chi connectivity index (χ0) is 14.4. The molecule has 110 valence electrons. The van der Waals surface area contributed by atoms with Crippen molar-refractivity contribution in [2.75, 3.05) is 20.8 Å². The van der Waals surface area contributed by atoms with Gasteiger partial charge in [0, 0.05) is 37.8 Å². The molecular weight excluding hydrogens is 258 g/mol. The molecule has 0 bridgehead atoms. The second kappa shape index (κ2) is 7.09. The minimum absolute atomic E-state index is 0.102. The van der Waals surface area contributed by atoms with Crippen molar-refractivity contribution in [3.8, 4) is 11.5 Å². The highest BCUT2D eigenvalue weighted by Crippen LogP contribution is 2.28. The molecule has 1 fully saturated rings. The fourth-order valence-electron chi connectivity index (χ4n) is 1.91. The smallest absolute Gasteiger partial charge is 0.221 e. The van der Waals surface area contributed by atoms with Crippen LogP contribution in [0.2, 0.25) is 0 Å². The monoisotopic (exact) mass is 279 g/mol. The molecule has 1 saturated carbocycles. The van der Waals surface area contributed by atoms with E-state index in [0.717, 1.165) is 18.5 Å². The summed E-state index contributed by atoms with van der Waals surface area (Å²) in [5, 5.41) is 6.15. The molecule has 2 rings (SSSR count). The number of amides is 1. The Morgan fingerprint density at radius 2 is 2.20 bits per heavy atom. The van der Waals surface area contributed by atoms with Gasteiger partial charge in [0.25, 0.3) is 0 Å². The number of nitrogens with zero attached hydrogens (tertiary/aromatic N) is 1. The SMILES string of the molecule is COc1ccnc(CNCCC(=O)NC2CC2)c1OC. The molecule has 0 unspecified atom stereocenters. The number of carbonyl (C=O) groups is 1. The van der Waals surface area contributed by atoms with E-state index in [1.807, 2.05) is 0 Å². The van der Waals surface area contributed by atoms with E-state index in [0.29, 0.717) is 37.1 Å². The number of carbonyl (C=O) groups excluding carboxylic acids is 1. The Morgan fingerprint density at radius 1 is 1.40 bits per heavy atom. The van der Waals surface area contributed by atoms with Crippen LogP contribution in [0.15, 0.2) is 12.3 Å². The molecule has 0 radical (unpaired) electrons. The van der Waals surface area contributed by atoms with Crippen LogP contribution < -0.4 is 20.1 Å². The highest BCUT2D eigenvalue weighted by atomic mass is 16.5. The standard InChI is InChI=1S/C14H21N3O3/c1-19-12-5-8-16-11(14(12)20-2)9-15-7-6-13(18)17-10-3-4-10/h5,8,10,15H,3-4,6-7,9H2,1-2H3,(H,17,18). The highest BCUT2D eigenvalue weighted by Gasteiger charge is 2.22. The van der Waals surface area contributed by atoms with Crippen LogP contribution in [-0.4, -0.2) is 37.7 Å². The van der Waals surface area contributed by atoms with Gasteiger partial charge in [0.2, 0.25) is 5.91 Å². The normalized spacial score (nSPS) is 13.9. The van der Waals surface area contributed by atoms with Crippen LogP contribution in [0.3, 0.4) is 0 Å². The molecule has 0 atom stereocenters. The van der Waals surface area contributed by atoms with Crippen LogP contribution in [0.4, 0.5) is 0 Å². The van der Waals surface area contributed by atoms with Crippen LogP contribution in [0.1, 0.15) is 25.0 Å². The molecular formula is C14H21N3O3. The van der Waals surface area contributed by atoms with Crippen molar-refractivity contribution in [3.05, 3.63) is 18.0 Å². The molecule has 1 amide bonds. The summed E-state index contributed by atoms with van der Waals surface area (Å²) >= 11 is 0. The Labute approximate surface area is 118 Å². The summed E-state index contributed by atoms with van der Waals surface area (Å²) in [6, 6.07) is 2.17. The first-order valence-electron chi connectivity index (χ1n) is 6.80. The summed E-state index contributed by atoms with van der Waals surface area (Å²) < 4.78 is 10.5. The number of pyridine rings is 1. The van der Waals surface area contributed by atoms with Crippen molar-refractivity contribution < 1.29 is 14.3 Å². The number of methoxy groups -OCH3 is 2. The van der Waals surface area contributed by atoms with Gasteiger partial charge in [-0.1, -0.05) is 0 Å². The van der Waals surface area contributed by atoms with Crippen molar-refractivity contribution in [2.45, 2.75) is 31.8 Å². The number of nitrogens with one attached hydrogen (secondary N) is 2. The van der Waals surface area contributed by atoms with E-state index in [4.69, 9.17) is 9.47 Å². The third-order valence-electron chi connectivity index (χ3n) is 3.13. The van der Waals surface area contributed by atoms with Gasteiger partial charge in [0.15, 0.2) is 11.5 Å². The molecule has 2 N–H and O–H groups in total. The van der Waals surface area contributed by atoms with E-state index < -0.39 is 0 Å². The predicted octanol–water partition coefficient (Wildman–Crippen LogP) is 0.857. The van der Waals surface area contributed by atoms with Gasteiger partial charge in [-0.25, -0.2) is 0 Å². The minimum Gasteiger partial charge on any atom is -0.493 e. The number of hydrogen-bond donors (Lipinski definition) is 2. The molecule has 0 saturated heterocycles. The van der Waals surface area contributed by atoms with E-state index in [2.05, 4.69) is 15.6 Å². The maximum absolute atomic E-state index is 11.5. The number of aromatic nitrogens is 1. The molecule has 0 spiro atoms. The lowest BCUT2D eigenvalue weighted by Gasteiger charge is -2.12. The van der Waals surface area contributed by atoms with Gasteiger partial charge in [-0.2, -0.15) is 0 Å². The van der Waals surface area contributed by atoms with Gasteiger partial charge in [0.05, 0.1) is 19.9 Å². The lowest BCUT2D eigenvalue weighted by atomic mass is 10.3. The van der Waals surface area contributed by atoms with Crippen LogP contribution in [-0.2, 0) is 11.3 Å². The molecule has 1 heterocycles. The molecule has 0 aromatic carbocycles. The fraction of sp³-hybridized carbons (Fsp3) is 0.571. The van der Waals surface area contributed by atoms with Crippen LogP contribution in [0.25, 0.3) is 0 Å². The van der Waals surface area contributed by atoms with E-state index in [-0.39, 0.29) is 5.91 Å². The summed E-state index contributed by atoms with van der Waals surface area (Å²) in [4.78, 5) is 15.8. The maximum atomic E-state index is 11.5. The summed E-state index contributed by atoms with van der Waals surface area (Å²) in [6.45, 7) is 1.15. The fourth-order valence-corrected chi connectivity index (χ4v) is 1.91. The zero-order valence-corrected chi connectivity index (χ0v) is 11.9. The quantitative estimate of drug-likeness (QED) is 0.690. The molecule has 6 nitrogen and oxygen atoms in total. The molecule has 0 aliphatic heterocycles. The molecule has 1 aliphatic rings. The minimum atomic E-state index is 0.102. The average Bonchev–Trinajstić information content (AvgIpc) is 3.26. The van der Waals surface area contributed by atoms with E-state index in [1.165, 1.54) is 0 Å². The maximum Gasteiger partial charge on any atom is 0.221 e. The summed E-state index contributed by atoms with van der Waals surface area (Å²) in [6.07, 6.45) is 4.38. The van der Waals surface area contributed by atoms with Crippen LogP contribution in [0.5, 0.6) is 11.5 Å². The first-order valence-corrected chi connectivity index (χ1v) is 6.80. The van der Waals surface area contributed by atoms with Gasteiger partial charge >= 0.3 is 0 Å². The zero-order valence-electron chi connectivity index (χ0n) is 11.9. The molecule has 1 aliphatic carbocycles. The predicted molar refractivity (Wildman–Crippen MR) is 74.8 cm³/mol. The van der Waals surface area contributed by atoms with Crippen molar-refractivity contribution in [3.63, 3.8) is 0 Å². The summed E-state index contributed by atoms with van der Waals surface area (Å²) in [7, 11) is 3.18. The topological polar surface area (TPSA) is 72.5 Å². The number of hydrogen-bond acceptors (Lipinski definition) is 5. The van der Waals surface area contributed by atoms with Crippen molar-refractivity contribution in [1.82, 2.24) is 15.6 Å². The van der Waals surface area contributed by atoms with E-state index in [1.54, 1.807) is 26.5 Å². The third kappa shape index (κ3) is 4.09. The Bertz CT molecular complexity index is 461. The van der Waals surface area contributed by atoms with Gasteiger partial charge in [0.1, 0.15) is 0 Å². The lowest BCUT2D eigenvalue weighted by molar-refractivity contribution is -0.121. The van der Waals surface area contributed by atoms with Crippen LogP contribution >= 0.6 is 0 Å². The number of ether oxygens (including phenoxy) is 2. The average molecular weight is 279 g/mol.